The van der Waals surface area contributed by atoms with Gasteiger partial charge in [-0.1, -0.05) is 6.07 Å². The first-order valence-electron chi connectivity index (χ1n) is 9.52. The predicted molar refractivity (Wildman–Crippen MR) is 118 cm³/mol. The lowest BCUT2D eigenvalue weighted by atomic mass is 10.1. The topological polar surface area (TPSA) is 43.8 Å². The van der Waals surface area contributed by atoms with E-state index in [0.29, 0.717) is 6.04 Å². The van der Waals surface area contributed by atoms with Gasteiger partial charge < -0.3 is 5.32 Å². The van der Waals surface area contributed by atoms with Crippen LogP contribution in [-0.2, 0) is 0 Å². The molecule has 0 spiro atoms. The number of thioether (sulfide) groups is 1. The Labute approximate surface area is 169 Å². The van der Waals surface area contributed by atoms with Crippen LogP contribution in [0.5, 0.6) is 0 Å². The monoisotopic (exact) mass is 401 g/mol. The van der Waals surface area contributed by atoms with Crippen molar-refractivity contribution >= 4 is 39.5 Å². The zero-order chi connectivity index (χ0) is 18.8. The van der Waals surface area contributed by atoms with Crippen LogP contribution in [-0.4, -0.2) is 59.7 Å². The molecule has 2 aliphatic heterocycles. The molecule has 0 radical (unpaired) electrons. The number of aromatic nitrogens is 1. The number of aryl methyl sites for hydroxylation is 1. The van der Waals surface area contributed by atoms with Crippen molar-refractivity contribution in [2.75, 3.05) is 32.4 Å². The summed E-state index contributed by atoms with van der Waals surface area (Å²) in [5.41, 5.74) is 2.50. The minimum atomic E-state index is 0.0745. The van der Waals surface area contributed by atoms with E-state index in [1.807, 2.05) is 6.21 Å². The highest BCUT2D eigenvalue weighted by Crippen LogP contribution is 2.28. The molecule has 144 valence electrons. The Bertz CT molecular complexity index is 859. The molecule has 1 saturated heterocycles. The van der Waals surface area contributed by atoms with Gasteiger partial charge in [0.25, 0.3) is 0 Å². The zero-order valence-electron chi connectivity index (χ0n) is 16.2. The molecule has 27 heavy (non-hydrogen) atoms. The second-order valence-corrected chi connectivity index (χ2v) is 9.25. The van der Waals surface area contributed by atoms with Gasteiger partial charge in [0.2, 0.25) is 0 Å². The summed E-state index contributed by atoms with van der Waals surface area (Å²) in [7, 11) is 0. The summed E-state index contributed by atoms with van der Waals surface area (Å²) in [5, 5.41) is 4.57. The lowest BCUT2D eigenvalue weighted by Crippen LogP contribution is -2.45. The van der Waals surface area contributed by atoms with Crippen LogP contribution in [0.25, 0.3) is 10.2 Å². The number of aliphatic imine (C=N–C) groups is 1. The zero-order valence-corrected chi connectivity index (χ0v) is 17.8. The molecule has 1 aromatic carbocycles. The van der Waals surface area contributed by atoms with Gasteiger partial charge in [-0.25, -0.2) is 4.98 Å². The van der Waals surface area contributed by atoms with Crippen LogP contribution in [0, 0.1) is 6.92 Å². The Morgan fingerprint density at radius 3 is 2.93 bits per heavy atom. The first kappa shape index (κ1) is 18.9. The Kier molecular flexibility index (Phi) is 5.82. The van der Waals surface area contributed by atoms with Gasteiger partial charge in [0.15, 0.2) is 6.29 Å². The molecule has 7 heteroatoms. The SMILES string of the molecule is CSC1=CNC(N2CCCN(C(C)c3ccc4sc(C)nc4c3)CC2)N=C1. The first-order chi connectivity index (χ1) is 13.1. The van der Waals surface area contributed by atoms with Crippen LogP contribution in [0.2, 0.25) is 0 Å². The van der Waals surface area contributed by atoms with E-state index in [2.05, 4.69) is 69.6 Å². The van der Waals surface area contributed by atoms with Crippen LogP contribution < -0.4 is 5.32 Å². The van der Waals surface area contributed by atoms with Crippen LogP contribution in [0.15, 0.2) is 34.3 Å². The maximum absolute atomic E-state index is 4.69. The van der Waals surface area contributed by atoms with Crippen LogP contribution in [0.3, 0.4) is 0 Å². The third-order valence-electron chi connectivity index (χ3n) is 5.41. The Morgan fingerprint density at radius 1 is 1.26 bits per heavy atom. The van der Waals surface area contributed by atoms with Gasteiger partial charge in [0, 0.05) is 49.5 Å². The van der Waals surface area contributed by atoms with E-state index in [9.17, 15) is 0 Å². The third-order valence-corrected chi connectivity index (χ3v) is 7.06. The summed E-state index contributed by atoms with van der Waals surface area (Å²) in [6, 6.07) is 7.18. The highest BCUT2D eigenvalue weighted by Gasteiger charge is 2.24. The van der Waals surface area contributed by atoms with Gasteiger partial charge in [0.1, 0.15) is 0 Å². The van der Waals surface area contributed by atoms with Gasteiger partial charge in [0.05, 0.1) is 15.2 Å². The molecule has 2 aliphatic rings. The van der Waals surface area contributed by atoms with Gasteiger partial charge in [-0.05, 0) is 44.2 Å². The van der Waals surface area contributed by atoms with E-state index >= 15 is 0 Å². The Hall–Kier alpha value is -1.41. The number of hydrogen-bond acceptors (Lipinski definition) is 7. The normalized spacial score (nSPS) is 23.1. The average molecular weight is 402 g/mol. The fraction of sp³-hybridized carbons (Fsp3) is 0.500. The number of benzene rings is 1. The number of nitrogens with zero attached hydrogens (tertiary/aromatic N) is 4. The van der Waals surface area contributed by atoms with Gasteiger partial charge >= 0.3 is 0 Å². The van der Waals surface area contributed by atoms with E-state index in [1.54, 1.807) is 23.1 Å². The summed E-state index contributed by atoms with van der Waals surface area (Å²) >= 11 is 3.49. The van der Waals surface area contributed by atoms with Crippen molar-refractivity contribution in [2.24, 2.45) is 4.99 Å². The van der Waals surface area contributed by atoms with Gasteiger partial charge in [-0.15, -0.1) is 23.1 Å². The molecule has 0 amide bonds. The first-order valence-corrected chi connectivity index (χ1v) is 11.6. The third kappa shape index (κ3) is 4.21. The van der Waals surface area contributed by atoms with Crippen molar-refractivity contribution in [3.8, 4) is 0 Å². The number of rotatable bonds is 4. The molecule has 1 aromatic heterocycles. The van der Waals surface area contributed by atoms with Gasteiger partial charge in [-0.2, -0.15) is 0 Å². The predicted octanol–water partition coefficient (Wildman–Crippen LogP) is 3.84. The second kappa shape index (κ2) is 8.31. The van der Waals surface area contributed by atoms with Crippen molar-refractivity contribution in [3.05, 3.63) is 39.9 Å². The minimum absolute atomic E-state index is 0.0745. The standard InChI is InChI=1S/C20H27N5S2/c1-14(16-5-6-19-18(11-16)23-15(2)27-19)24-7-4-8-25(10-9-24)20-21-12-17(26-3)13-22-20/h5-6,11-14,20-21H,4,7-10H2,1-3H3. The molecular weight excluding hydrogens is 374 g/mol. The number of fused-ring (bicyclic) bond motifs is 1. The van der Waals surface area contributed by atoms with Crippen LogP contribution in [0.1, 0.15) is 30.0 Å². The molecule has 0 bridgehead atoms. The lowest BCUT2D eigenvalue weighted by Gasteiger charge is -2.31. The Morgan fingerprint density at radius 2 is 2.15 bits per heavy atom. The van der Waals surface area contributed by atoms with Crippen molar-refractivity contribution in [3.63, 3.8) is 0 Å². The molecule has 0 saturated carbocycles. The summed E-state index contributed by atoms with van der Waals surface area (Å²) in [6.45, 7) is 8.68. The number of allylic oxidation sites excluding steroid dienone is 1. The fourth-order valence-corrected chi connectivity index (χ4v) is 4.97. The largest absolute Gasteiger partial charge is 0.356 e. The van der Waals surface area contributed by atoms with E-state index in [-0.39, 0.29) is 6.29 Å². The van der Waals surface area contributed by atoms with Gasteiger partial charge in [-0.3, -0.25) is 14.8 Å². The molecular formula is C20H27N5S2. The summed E-state index contributed by atoms with van der Waals surface area (Å²) in [6.07, 6.45) is 7.39. The molecule has 1 N–H and O–H groups in total. The van der Waals surface area contributed by atoms with Crippen LogP contribution in [0.4, 0.5) is 0 Å². The smallest absolute Gasteiger partial charge is 0.175 e. The molecule has 1 fully saturated rings. The van der Waals surface area contributed by atoms with Crippen LogP contribution >= 0.6 is 23.1 Å². The van der Waals surface area contributed by atoms with Crippen molar-refractivity contribution in [1.29, 1.82) is 0 Å². The van der Waals surface area contributed by atoms with Crippen molar-refractivity contribution in [2.45, 2.75) is 32.6 Å². The molecule has 0 aliphatic carbocycles. The van der Waals surface area contributed by atoms with E-state index in [1.165, 1.54) is 15.2 Å². The average Bonchev–Trinajstić information content (AvgIpc) is 2.90. The fourth-order valence-electron chi connectivity index (χ4n) is 3.81. The maximum atomic E-state index is 4.69. The van der Waals surface area contributed by atoms with Crippen molar-refractivity contribution in [1.82, 2.24) is 20.1 Å². The maximum Gasteiger partial charge on any atom is 0.175 e. The quantitative estimate of drug-likeness (QED) is 0.843. The molecule has 3 heterocycles. The summed E-state index contributed by atoms with van der Waals surface area (Å²) < 4.78 is 1.28. The molecule has 2 unspecified atom stereocenters. The summed E-state index contributed by atoms with van der Waals surface area (Å²) in [5.74, 6) is 0. The number of hydrogen-bond donors (Lipinski definition) is 1. The number of thiazole rings is 1. The summed E-state index contributed by atoms with van der Waals surface area (Å²) in [4.78, 5) is 15.6. The van der Waals surface area contributed by atoms with E-state index in [4.69, 9.17) is 0 Å². The Balaban J connectivity index is 1.41. The highest BCUT2D eigenvalue weighted by molar-refractivity contribution is 8.03. The molecule has 2 atom stereocenters. The van der Waals surface area contributed by atoms with Crippen molar-refractivity contribution < 1.29 is 0 Å². The lowest BCUT2D eigenvalue weighted by molar-refractivity contribution is 0.174. The number of nitrogens with one attached hydrogen (secondary N) is 1. The minimum Gasteiger partial charge on any atom is -0.356 e. The molecule has 4 rings (SSSR count). The molecule has 2 aromatic rings. The second-order valence-electron chi connectivity index (χ2n) is 7.13. The van der Waals surface area contributed by atoms with E-state index in [0.717, 1.165) is 43.1 Å². The molecule has 5 nitrogen and oxygen atoms in total. The highest BCUT2D eigenvalue weighted by atomic mass is 32.2. The van der Waals surface area contributed by atoms with E-state index < -0.39 is 0 Å².